The number of benzene rings is 1. The van der Waals surface area contributed by atoms with Gasteiger partial charge in [-0.15, -0.1) is 0 Å². The molecule has 0 N–H and O–H groups in total. The Balaban J connectivity index is 2.01. The average Bonchev–Trinajstić information content (AvgIpc) is 3.24. The summed E-state index contributed by atoms with van der Waals surface area (Å²) in [4.78, 5) is 23.7. The molecular formula is C15H16N2O3. The summed E-state index contributed by atoms with van der Waals surface area (Å²) in [5.74, 6) is 0. The molecule has 1 saturated heterocycles. The van der Waals surface area contributed by atoms with Crippen molar-refractivity contribution < 1.29 is 4.74 Å². The van der Waals surface area contributed by atoms with E-state index in [9.17, 15) is 9.59 Å². The number of nitrogens with zero attached hydrogens (tertiary/aromatic N) is 2. The summed E-state index contributed by atoms with van der Waals surface area (Å²) < 4.78 is 8.24. The quantitative estimate of drug-likeness (QED) is 0.767. The molecule has 1 aliphatic rings. The van der Waals surface area contributed by atoms with Crippen molar-refractivity contribution in [3.63, 3.8) is 0 Å². The van der Waals surface area contributed by atoms with Crippen LogP contribution in [0.4, 0.5) is 0 Å². The molecule has 1 aromatic heterocycles. The maximum Gasteiger partial charge on any atom is 0.330 e. The minimum Gasteiger partial charge on any atom is -0.364 e. The number of ether oxygens (including phenoxy) is 1. The van der Waals surface area contributed by atoms with Gasteiger partial charge in [-0.2, -0.15) is 0 Å². The van der Waals surface area contributed by atoms with Crippen LogP contribution in [-0.4, -0.2) is 15.7 Å². The van der Waals surface area contributed by atoms with Crippen molar-refractivity contribution >= 4 is 0 Å². The van der Waals surface area contributed by atoms with Crippen LogP contribution in [0.15, 0.2) is 46.0 Å². The molecule has 5 nitrogen and oxygen atoms in total. The molecule has 20 heavy (non-hydrogen) atoms. The van der Waals surface area contributed by atoms with Gasteiger partial charge < -0.3 is 9.30 Å². The summed E-state index contributed by atoms with van der Waals surface area (Å²) in [7, 11) is 3.16. The molecule has 1 aliphatic heterocycles. The predicted octanol–water partition coefficient (Wildman–Crippen LogP) is 0.552. The molecule has 104 valence electrons. The highest BCUT2D eigenvalue weighted by Gasteiger charge is 2.46. The lowest BCUT2D eigenvalue weighted by Gasteiger charge is -2.15. The number of epoxide rings is 1. The highest BCUT2D eigenvalue weighted by atomic mass is 16.6. The Kier molecular flexibility index (Phi) is 2.87. The van der Waals surface area contributed by atoms with E-state index < -0.39 is 5.60 Å². The Labute approximate surface area is 116 Å². The van der Waals surface area contributed by atoms with Gasteiger partial charge in [0.2, 0.25) is 0 Å². The van der Waals surface area contributed by atoms with E-state index in [-0.39, 0.29) is 11.2 Å². The number of hydrogen-bond donors (Lipinski definition) is 0. The molecule has 0 bridgehead atoms. The van der Waals surface area contributed by atoms with Crippen LogP contribution in [0, 0.1) is 0 Å². The highest BCUT2D eigenvalue weighted by molar-refractivity contribution is 5.29. The molecule has 1 fully saturated rings. The molecule has 0 spiro atoms. The number of aromatic nitrogens is 2. The summed E-state index contributed by atoms with van der Waals surface area (Å²) in [6, 6.07) is 11.4. The third kappa shape index (κ3) is 2.00. The SMILES string of the molecule is Cn1c(CC2(c3ccccc3)CO2)cc(=O)n(C)c1=O. The molecule has 0 radical (unpaired) electrons. The van der Waals surface area contributed by atoms with Gasteiger partial charge in [-0.05, 0) is 5.56 Å². The van der Waals surface area contributed by atoms with Gasteiger partial charge >= 0.3 is 5.69 Å². The van der Waals surface area contributed by atoms with Gasteiger partial charge in [0.15, 0.2) is 0 Å². The maximum atomic E-state index is 11.9. The standard InChI is InChI=1S/C15H16N2O3/c1-16-12(8-13(18)17(2)14(16)19)9-15(10-20-15)11-6-4-3-5-7-11/h3-8H,9-10H2,1-2H3. The third-order valence-electron chi connectivity index (χ3n) is 3.88. The van der Waals surface area contributed by atoms with E-state index in [1.165, 1.54) is 17.7 Å². The minimum absolute atomic E-state index is 0.285. The molecule has 1 unspecified atom stereocenters. The smallest absolute Gasteiger partial charge is 0.330 e. The summed E-state index contributed by atoms with van der Waals surface area (Å²) in [6.07, 6.45) is 0.527. The average molecular weight is 272 g/mol. The van der Waals surface area contributed by atoms with Gasteiger partial charge in [-0.25, -0.2) is 4.79 Å². The Bertz CT molecular complexity index is 755. The van der Waals surface area contributed by atoms with E-state index in [2.05, 4.69) is 0 Å². The van der Waals surface area contributed by atoms with Crippen molar-refractivity contribution in [2.75, 3.05) is 6.61 Å². The first kappa shape index (κ1) is 12.9. The fourth-order valence-corrected chi connectivity index (χ4v) is 2.44. The Morgan fingerprint density at radius 1 is 1.15 bits per heavy atom. The highest BCUT2D eigenvalue weighted by Crippen LogP contribution is 2.41. The zero-order valence-corrected chi connectivity index (χ0v) is 11.5. The van der Waals surface area contributed by atoms with Crippen molar-refractivity contribution in [3.05, 3.63) is 68.5 Å². The van der Waals surface area contributed by atoms with Crippen LogP contribution in [-0.2, 0) is 30.9 Å². The van der Waals surface area contributed by atoms with Gasteiger partial charge in [-0.1, -0.05) is 30.3 Å². The predicted molar refractivity (Wildman–Crippen MR) is 74.7 cm³/mol. The summed E-state index contributed by atoms with van der Waals surface area (Å²) in [5.41, 5.74) is 0.786. The van der Waals surface area contributed by atoms with Gasteiger partial charge in [0.25, 0.3) is 5.56 Å². The van der Waals surface area contributed by atoms with Crippen molar-refractivity contribution in [2.45, 2.75) is 12.0 Å². The Morgan fingerprint density at radius 2 is 1.80 bits per heavy atom. The lowest BCUT2D eigenvalue weighted by molar-refractivity contribution is 0.302. The zero-order valence-electron chi connectivity index (χ0n) is 11.5. The monoisotopic (exact) mass is 272 g/mol. The molecule has 1 aromatic carbocycles. The van der Waals surface area contributed by atoms with Crippen LogP contribution >= 0.6 is 0 Å². The van der Waals surface area contributed by atoms with E-state index in [0.29, 0.717) is 18.7 Å². The number of hydrogen-bond acceptors (Lipinski definition) is 3. The first-order valence-electron chi connectivity index (χ1n) is 6.49. The topological polar surface area (TPSA) is 56.5 Å². The van der Waals surface area contributed by atoms with E-state index in [1.54, 1.807) is 7.05 Å². The van der Waals surface area contributed by atoms with E-state index >= 15 is 0 Å². The zero-order chi connectivity index (χ0) is 14.3. The van der Waals surface area contributed by atoms with E-state index in [4.69, 9.17) is 4.74 Å². The fraction of sp³-hybridized carbons (Fsp3) is 0.333. The van der Waals surface area contributed by atoms with Gasteiger partial charge in [-0.3, -0.25) is 9.36 Å². The molecule has 2 heterocycles. The van der Waals surface area contributed by atoms with Gasteiger partial charge in [0, 0.05) is 32.3 Å². The molecule has 0 amide bonds. The molecule has 2 aromatic rings. The van der Waals surface area contributed by atoms with Crippen LogP contribution < -0.4 is 11.2 Å². The van der Waals surface area contributed by atoms with Crippen molar-refractivity contribution in [1.29, 1.82) is 0 Å². The van der Waals surface area contributed by atoms with Crippen molar-refractivity contribution in [2.24, 2.45) is 14.1 Å². The lowest BCUT2D eigenvalue weighted by Crippen LogP contribution is -2.38. The Hall–Kier alpha value is -2.14. The number of rotatable bonds is 3. The van der Waals surface area contributed by atoms with Crippen molar-refractivity contribution in [3.8, 4) is 0 Å². The van der Waals surface area contributed by atoms with Gasteiger partial charge in [0.05, 0.1) is 6.61 Å². The second kappa shape index (κ2) is 4.45. The second-order valence-corrected chi connectivity index (χ2v) is 5.20. The van der Waals surface area contributed by atoms with E-state index in [1.807, 2.05) is 30.3 Å². The largest absolute Gasteiger partial charge is 0.364 e. The van der Waals surface area contributed by atoms with Crippen LogP contribution in [0.1, 0.15) is 11.3 Å². The molecule has 3 rings (SSSR count). The second-order valence-electron chi connectivity index (χ2n) is 5.20. The first-order valence-corrected chi connectivity index (χ1v) is 6.49. The fourth-order valence-electron chi connectivity index (χ4n) is 2.44. The molecule has 5 heteroatoms. The first-order chi connectivity index (χ1) is 9.53. The molecule has 0 aliphatic carbocycles. The molecular weight excluding hydrogens is 256 g/mol. The van der Waals surface area contributed by atoms with Crippen LogP contribution in [0.5, 0.6) is 0 Å². The molecule has 1 atom stereocenters. The summed E-state index contributed by atoms with van der Waals surface area (Å²) >= 11 is 0. The van der Waals surface area contributed by atoms with Crippen molar-refractivity contribution in [1.82, 2.24) is 9.13 Å². The van der Waals surface area contributed by atoms with Crippen LogP contribution in [0.3, 0.4) is 0 Å². The van der Waals surface area contributed by atoms with E-state index in [0.717, 1.165) is 10.1 Å². The van der Waals surface area contributed by atoms with Gasteiger partial charge in [0.1, 0.15) is 5.60 Å². The summed E-state index contributed by atoms with van der Waals surface area (Å²) in [5, 5.41) is 0. The van der Waals surface area contributed by atoms with Crippen LogP contribution in [0.25, 0.3) is 0 Å². The normalized spacial score (nSPS) is 20.9. The Morgan fingerprint density at radius 3 is 2.40 bits per heavy atom. The maximum absolute atomic E-state index is 11.9. The van der Waals surface area contributed by atoms with Crippen LogP contribution in [0.2, 0.25) is 0 Å². The summed E-state index contributed by atoms with van der Waals surface area (Å²) in [6.45, 7) is 0.612. The third-order valence-corrected chi connectivity index (χ3v) is 3.88. The minimum atomic E-state index is -0.391. The lowest BCUT2D eigenvalue weighted by atomic mass is 9.95. The molecule has 0 saturated carbocycles.